The van der Waals surface area contributed by atoms with Gasteiger partial charge in [0, 0.05) is 30.1 Å². The van der Waals surface area contributed by atoms with E-state index in [1.54, 1.807) is 33.6 Å². The van der Waals surface area contributed by atoms with Crippen LogP contribution in [0, 0.1) is 0 Å². The molecular formula is C16H20N4O3. The highest BCUT2D eigenvalue weighted by molar-refractivity contribution is 5.66. The van der Waals surface area contributed by atoms with E-state index in [0.717, 1.165) is 5.69 Å². The fraction of sp³-hybridized carbons (Fsp3) is 0.375. The molecule has 1 aliphatic rings. The number of rotatable bonds is 7. The van der Waals surface area contributed by atoms with E-state index in [-0.39, 0.29) is 0 Å². The van der Waals surface area contributed by atoms with Crippen molar-refractivity contribution in [1.82, 2.24) is 9.97 Å². The third-order valence-corrected chi connectivity index (χ3v) is 3.50. The first-order chi connectivity index (χ1) is 11.2. The molecule has 1 saturated carbocycles. The van der Waals surface area contributed by atoms with Gasteiger partial charge >= 0.3 is 0 Å². The molecule has 0 atom stereocenters. The predicted octanol–water partition coefficient (Wildman–Crippen LogP) is 2.82. The second kappa shape index (κ2) is 6.60. The summed E-state index contributed by atoms with van der Waals surface area (Å²) in [5, 5.41) is 6.51. The Morgan fingerprint density at radius 1 is 1.04 bits per heavy atom. The second-order valence-electron chi connectivity index (χ2n) is 5.22. The number of hydrogen-bond donors (Lipinski definition) is 2. The van der Waals surface area contributed by atoms with Crippen LogP contribution in [0.5, 0.6) is 17.2 Å². The predicted molar refractivity (Wildman–Crippen MR) is 88.1 cm³/mol. The van der Waals surface area contributed by atoms with Crippen molar-refractivity contribution in [1.29, 1.82) is 0 Å². The highest BCUT2D eigenvalue weighted by atomic mass is 16.5. The Balaban J connectivity index is 1.84. The van der Waals surface area contributed by atoms with Crippen LogP contribution >= 0.6 is 0 Å². The zero-order chi connectivity index (χ0) is 16.2. The van der Waals surface area contributed by atoms with Crippen LogP contribution in [0.15, 0.2) is 24.4 Å². The number of anilines is 3. The lowest BCUT2D eigenvalue weighted by Gasteiger charge is -2.15. The Morgan fingerprint density at radius 3 is 2.30 bits per heavy atom. The molecule has 0 aliphatic heterocycles. The van der Waals surface area contributed by atoms with Gasteiger partial charge < -0.3 is 24.8 Å². The lowest BCUT2D eigenvalue weighted by molar-refractivity contribution is 0.324. The molecule has 0 radical (unpaired) electrons. The number of benzene rings is 1. The fourth-order valence-electron chi connectivity index (χ4n) is 2.21. The van der Waals surface area contributed by atoms with Crippen LogP contribution in [0.4, 0.5) is 17.5 Å². The van der Waals surface area contributed by atoms with Crippen molar-refractivity contribution in [2.45, 2.75) is 18.9 Å². The third kappa shape index (κ3) is 3.56. The molecule has 0 bridgehead atoms. The number of nitrogens with one attached hydrogen (secondary N) is 2. The van der Waals surface area contributed by atoms with Crippen molar-refractivity contribution >= 4 is 17.5 Å². The van der Waals surface area contributed by atoms with E-state index in [2.05, 4.69) is 20.6 Å². The molecule has 23 heavy (non-hydrogen) atoms. The van der Waals surface area contributed by atoms with E-state index in [1.807, 2.05) is 12.1 Å². The van der Waals surface area contributed by atoms with Gasteiger partial charge in [0.2, 0.25) is 11.7 Å². The Kier molecular flexibility index (Phi) is 4.36. The maximum Gasteiger partial charge on any atom is 0.224 e. The number of hydrogen-bond acceptors (Lipinski definition) is 7. The van der Waals surface area contributed by atoms with Gasteiger partial charge in [0.05, 0.1) is 21.3 Å². The Bertz CT molecular complexity index is 664. The van der Waals surface area contributed by atoms with Crippen molar-refractivity contribution in [3.63, 3.8) is 0 Å². The molecule has 1 aromatic heterocycles. The van der Waals surface area contributed by atoms with Crippen LogP contribution in [-0.2, 0) is 0 Å². The summed E-state index contributed by atoms with van der Waals surface area (Å²) in [5.74, 6) is 3.04. The number of ether oxygens (including phenoxy) is 3. The highest BCUT2D eigenvalue weighted by Gasteiger charge is 2.22. The minimum atomic E-state index is 0.506. The van der Waals surface area contributed by atoms with Crippen LogP contribution in [0.3, 0.4) is 0 Å². The number of methoxy groups -OCH3 is 3. The van der Waals surface area contributed by atoms with E-state index in [1.165, 1.54) is 12.8 Å². The zero-order valence-electron chi connectivity index (χ0n) is 13.4. The minimum Gasteiger partial charge on any atom is -0.493 e. The van der Waals surface area contributed by atoms with Gasteiger partial charge in [-0.2, -0.15) is 4.98 Å². The van der Waals surface area contributed by atoms with Gasteiger partial charge in [-0.3, -0.25) is 0 Å². The summed E-state index contributed by atoms with van der Waals surface area (Å²) in [6.45, 7) is 0. The van der Waals surface area contributed by atoms with Crippen LogP contribution in [0.2, 0.25) is 0 Å². The van der Waals surface area contributed by atoms with E-state index in [0.29, 0.717) is 35.1 Å². The Labute approximate surface area is 135 Å². The van der Waals surface area contributed by atoms with E-state index in [4.69, 9.17) is 14.2 Å². The average molecular weight is 316 g/mol. The summed E-state index contributed by atoms with van der Waals surface area (Å²) in [6, 6.07) is 5.97. The van der Waals surface area contributed by atoms with Gasteiger partial charge in [-0.25, -0.2) is 4.98 Å². The van der Waals surface area contributed by atoms with Crippen molar-refractivity contribution < 1.29 is 14.2 Å². The van der Waals surface area contributed by atoms with Crippen LogP contribution < -0.4 is 24.8 Å². The van der Waals surface area contributed by atoms with Gasteiger partial charge in [-0.05, 0) is 18.9 Å². The van der Waals surface area contributed by atoms with E-state index >= 15 is 0 Å². The lowest BCUT2D eigenvalue weighted by Crippen LogP contribution is -2.06. The van der Waals surface area contributed by atoms with Gasteiger partial charge in [-0.1, -0.05) is 0 Å². The molecule has 7 heteroatoms. The van der Waals surface area contributed by atoms with Gasteiger partial charge in [0.1, 0.15) is 5.82 Å². The normalized spacial score (nSPS) is 13.3. The maximum atomic E-state index is 5.35. The largest absolute Gasteiger partial charge is 0.493 e. The molecule has 3 rings (SSSR count). The monoisotopic (exact) mass is 316 g/mol. The molecule has 2 aromatic rings. The third-order valence-electron chi connectivity index (χ3n) is 3.50. The summed E-state index contributed by atoms with van der Waals surface area (Å²) in [5.41, 5.74) is 0.788. The SMILES string of the molecule is COc1cc(Nc2ccnc(NC3CC3)n2)cc(OC)c1OC. The molecule has 1 aromatic carbocycles. The topological polar surface area (TPSA) is 77.5 Å². The van der Waals surface area contributed by atoms with Crippen LogP contribution in [-0.4, -0.2) is 37.3 Å². The number of nitrogens with zero attached hydrogens (tertiary/aromatic N) is 2. The first-order valence-corrected chi connectivity index (χ1v) is 7.40. The van der Waals surface area contributed by atoms with Crippen LogP contribution in [0.1, 0.15) is 12.8 Å². The zero-order valence-corrected chi connectivity index (χ0v) is 13.4. The molecule has 1 heterocycles. The molecule has 1 fully saturated rings. The number of aromatic nitrogens is 2. The molecule has 7 nitrogen and oxygen atoms in total. The molecular weight excluding hydrogens is 296 g/mol. The molecule has 0 spiro atoms. The molecule has 122 valence electrons. The smallest absolute Gasteiger partial charge is 0.224 e. The molecule has 0 saturated heterocycles. The maximum absolute atomic E-state index is 5.35. The molecule has 0 unspecified atom stereocenters. The lowest BCUT2D eigenvalue weighted by atomic mass is 10.2. The quantitative estimate of drug-likeness (QED) is 0.813. The Hall–Kier alpha value is -2.70. The van der Waals surface area contributed by atoms with Crippen molar-refractivity contribution in [3.05, 3.63) is 24.4 Å². The molecule has 0 amide bonds. The second-order valence-corrected chi connectivity index (χ2v) is 5.22. The van der Waals surface area contributed by atoms with Crippen molar-refractivity contribution in [3.8, 4) is 17.2 Å². The summed E-state index contributed by atoms with van der Waals surface area (Å²) < 4.78 is 16.0. The van der Waals surface area contributed by atoms with Crippen molar-refractivity contribution in [2.75, 3.05) is 32.0 Å². The highest BCUT2D eigenvalue weighted by Crippen LogP contribution is 2.40. The summed E-state index contributed by atoms with van der Waals surface area (Å²) in [6.07, 6.45) is 4.07. The summed E-state index contributed by atoms with van der Waals surface area (Å²) in [4.78, 5) is 8.68. The van der Waals surface area contributed by atoms with Crippen molar-refractivity contribution in [2.24, 2.45) is 0 Å². The average Bonchev–Trinajstić information content (AvgIpc) is 3.38. The minimum absolute atomic E-state index is 0.506. The van der Waals surface area contributed by atoms with Gasteiger partial charge in [0.15, 0.2) is 11.5 Å². The first kappa shape index (κ1) is 15.2. The summed E-state index contributed by atoms with van der Waals surface area (Å²) >= 11 is 0. The Morgan fingerprint density at radius 2 is 1.74 bits per heavy atom. The summed E-state index contributed by atoms with van der Waals surface area (Å²) in [7, 11) is 4.75. The van der Waals surface area contributed by atoms with Gasteiger partial charge in [-0.15, -0.1) is 0 Å². The molecule has 2 N–H and O–H groups in total. The van der Waals surface area contributed by atoms with Crippen LogP contribution in [0.25, 0.3) is 0 Å². The first-order valence-electron chi connectivity index (χ1n) is 7.40. The van der Waals surface area contributed by atoms with Gasteiger partial charge in [0.25, 0.3) is 0 Å². The molecule has 1 aliphatic carbocycles. The van der Waals surface area contributed by atoms with E-state index in [9.17, 15) is 0 Å². The fourth-order valence-corrected chi connectivity index (χ4v) is 2.21. The van der Waals surface area contributed by atoms with E-state index < -0.39 is 0 Å². The standard InChI is InChI=1S/C16H20N4O3/c1-21-12-8-11(9-13(22-2)15(12)23-3)18-14-6-7-17-16(20-14)19-10-4-5-10/h6-10H,4-5H2,1-3H3,(H2,17,18,19,20).